The van der Waals surface area contributed by atoms with Crippen LogP contribution in [0, 0.1) is 0 Å². The van der Waals surface area contributed by atoms with E-state index in [1.165, 1.54) is 5.56 Å². The summed E-state index contributed by atoms with van der Waals surface area (Å²) in [6.07, 6.45) is 2.96. The number of aromatic nitrogens is 1. The third-order valence-corrected chi connectivity index (χ3v) is 5.24. The quantitative estimate of drug-likeness (QED) is 0.594. The van der Waals surface area contributed by atoms with Crippen LogP contribution in [0.2, 0.25) is 10.0 Å². The molecule has 0 spiro atoms. The molecule has 138 valence electrons. The van der Waals surface area contributed by atoms with Gasteiger partial charge in [0.2, 0.25) is 0 Å². The van der Waals surface area contributed by atoms with Gasteiger partial charge in [-0.2, -0.15) is 0 Å². The lowest BCUT2D eigenvalue weighted by Gasteiger charge is -2.14. The highest BCUT2D eigenvalue weighted by Crippen LogP contribution is 2.44. The molecule has 0 bridgehead atoms. The number of hydrogen-bond acceptors (Lipinski definition) is 3. The minimum atomic E-state index is -1.03. The predicted octanol–water partition coefficient (Wildman–Crippen LogP) is 5.47. The molecule has 3 aromatic rings. The van der Waals surface area contributed by atoms with E-state index < -0.39 is 12.6 Å². The number of pyridine rings is 1. The van der Waals surface area contributed by atoms with Gasteiger partial charge in [0.05, 0.1) is 5.02 Å². The summed E-state index contributed by atoms with van der Waals surface area (Å²) in [4.78, 5) is 15.7. The van der Waals surface area contributed by atoms with E-state index in [0.29, 0.717) is 33.7 Å². The van der Waals surface area contributed by atoms with Gasteiger partial charge in [-0.15, -0.1) is 0 Å². The first-order chi connectivity index (χ1) is 13.0. The van der Waals surface area contributed by atoms with E-state index >= 15 is 0 Å². The fourth-order valence-electron chi connectivity index (χ4n) is 3.20. The van der Waals surface area contributed by atoms with Gasteiger partial charge in [0.15, 0.2) is 6.61 Å². The monoisotopic (exact) mass is 401 g/mol. The fourth-order valence-corrected chi connectivity index (χ4v) is 3.53. The summed E-state index contributed by atoms with van der Waals surface area (Å²) in [5.74, 6) is -0.102. The van der Waals surface area contributed by atoms with E-state index in [-0.39, 0.29) is 0 Å². The van der Waals surface area contributed by atoms with Crippen molar-refractivity contribution in [1.82, 2.24) is 4.98 Å². The molecule has 1 aliphatic rings. The summed E-state index contributed by atoms with van der Waals surface area (Å²) in [6, 6.07) is 13.2. The topological polar surface area (TPSA) is 59.4 Å². The molecule has 4 nitrogen and oxygen atoms in total. The van der Waals surface area contributed by atoms with Gasteiger partial charge in [0, 0.05) is 22.5 Å². The highest BCUT2D eigenvalue weighted by atomic mass is 35.5. The first kappa shape index (κ1) is 18.1. The molecule has 2 aromatic carbocycles. The van der Waals surface area contributed by atoms with Gasteiger partial charge in [-0.25, -0.2) is 9.78 Å². The van der Waals surface area contributed by atoms with Gasteiger partial charge in [0.25, 0.3) is 0 Å². The summed E-state index contributed by atoms with van der Waals surface area (Å²) < 4.78 is 5.43. The summed E-state index contributed by atoms with van der Waals surface area (Å²) in [6.45, 7) is -0.421. The minimum Gasteiger partial charge on any atom is -0.480 e. The SMILES string of the molecule is O=C(O)COc1ccc(Cl)c2cc(C3CC3)c(Cc3ccc(Cl)cc3)nc12. The zero-order chi connectivity index (χ0) is 19.0. The van der Waals surface area contributed by atoms with E-state index in [0.717, 1.165) is 29.5 Å². The van der Waals surface area contributed by atoms with Crippen molar-refractivity contribution >= 4 is 40.1 Å². The van der Waals surface area contributed by atoms with Gasteiger partial charge in [0.1, 0.15) is 11.3 Å². The van der Waals surface area contributed by atoms with Crippen molar-refractivity contribution in [2.75, 3.05) is 6.61 Å². The summed E-state index contributed by atoms with van der Waals surface area (Å²) in [5, 5.41) is 11.0. The molecule has 1 aliphatic carbocycles. The van der Waals surface area contributed by atoms with Gasteiger partial charge in [-0.05, 0) is 60.2 Å². The van der Waals surface area contributed by atoms with Gasteiger partial charge >= 0.3 is 5.97 Å². The molecule has 1 heterocycles. The lowest BCUT2D eigenvalue weighted by Crippen LogP contribution is -2.10. The maximum atomic E-state index is 10.9. The van der Waals surface area contributed by atoms with Crippen LogP contribution in [0.25, 0.3) is 10.9 Å². The molecular weight excluding hydrogens is 385 g/mol. The van der Waals surface area contributed by atoms with Crippen LogP contribution in [0.15, 0.2) is 42.5 Å². The third kappa shape index (κ3) is 4.02. The Morgan fingerprint density at radius 3 is 2.56 bits per heavy atom. The number of benzene rings is 2. The molecule has 1 N–H and O–H groups in total. The Kier molecular flexibility index (Phi) is 4.94. The van der Waals surface area contributed by atoms with E-state index in [1.54, 1.807) is 12.1 Å². The highest BCUT2D eigenvalue weighted by Gasteiger charge is 2.28. The van der Waals surface area contributed by atoms with Gasteiger partial charge in [-0.1, -0.05) is 35.3 Å². The maximum Gasteiger partial charge on any atom is 0.341 e. The first-order valence-electron chi connectivity index (χ1n) is 8.72. The molecule has 4 rings (SSSR count). The number of carboxylic acids is 1. The van der Waals surface area contributed by atoms with Crippen molar-refractivity contribution in [2.24, 2.45) is 0 Å². The summed E-state index contributed by atoms with van der Waals surface area (Å²) in [5.41, 5.74) is 3.88. The Morgan fingerprint density at radius 2 is 1.89 bits per heavy atom. The van der Waals surface area contributed by atoms with Crippen molar-refractivity contribution in [1.29, 1.82) is 0 Å². The van der Waals surface area contributed by atoms with Crippen LogP contribution in [0.1, 0.15) is 35.6 Å². The Hall–Kier alpha value is -2.30. The standard InChI is InChI=1S/C21H17Cl2NO3/c22-14-5-1-12(2-6-14)9-18-15(13-3-4-13)10-16-17(23)7-8-19(21(16)24-18)27-11-20(25)26/h1-2,5-8,10,13H,3-4,9,11H2,(H,25,26). The molecule has 1 saturated carbocycles. The number of rotatable bonds is 6. The number of fused-ring (bicyclic) bond motifs is 1. The number of aliphatic carboxylic acids is 1. The van der Waals surface area contributed by atoms with Crippen molar-refractivity contribution < 1.29 is 14.6 Å². The minimum absolute atomic E-state index is 0.421. The van der Waals surface area contributed by atoms with Crippen LogP contribution < -0.4 is 4.74 Å². The second kappa shape index (κ2) is 7.37. The van der Waals surface area contributed by atoms with Crippen LogP contribution in [-0.2, 0) is 11.2 Å². The van der Waals surface area contributed by atoms with E-state index in [1.807, 2.05) is 24.3 Å². The zero-order valence-corrected chi connectivity index (χ0v) is 15.9. The van der Waals surface area contributed by atoms with Crippen molar-refractivity contribution in [3.63, 3.8) is 0 Å². The van der Waals surface area contributed by atoms with Crippen LogP contribution in [-0.4, -0.2) is 22.7 Å². The second-order valence-electron chi connectivity index (χ2n) is 6.73. The lowest BCUT2D eigenvalue weighted by atomic mass is 10.00. The molecule has 0 radical (unpaired) electrons. The lowest BCUT2D eigenvalue weighted by molar-refractivity contribution is -0.139. The first-order valence-corrected chi connectivity index (χ1v) is 9.48. The molecule has 27 heavy (non-hydrogen) atoms. The van der Waals surface area contributed by atoms with Crippen LogP contribution >= 0.6 is 23.2 Å². The number of ether oxygens (including phenoxy) is 1. The third-order valence-electron chi connectivity index (χ3n) is 4.66. The number of halogens is 2. The van der Waals surface area contributed by atoms with Crippen LogP contribution in [0.3, 0.4) is 0 Å². The number of hydrogen-bond donors (Lipinski definition) is 1. The maximum absolute atomic E-state index is 10.9. The van der Waals surface area contributed by atoms with Crippen molar-refractivity contribution in [3.05, 3.63) is 69.3 Å². The molecule has 0 aliphatic heterocycles. The summed E-state index contributed by atoms with van der Waals surface area (Å²) >= 11 is 12.4. The smallest absolute Gasteiger partial charge is 0.341 e. The summed E-state index contributed by atoms with van der Waals surface area (Å²) in [7, 11) is 0. The number of carboxylic acid groups (broad SMARTS) is 1. The van der Waals surface area contributed by atoms with Crippen molar-refractivity contribution in [2.45, 2.75) is 25.2 Å². The molecular formula is C21H17Cl2NO3. The number of carbonyl (C=O) groups is 1. The molecule has 1 fully saturated rings. The van der Waals surface area contributed by atoms with Gasteiger partial charge in [-0.3, -0.25) is 0 Å². The largest absolute Gasteiger partial charge is 0.480 e. The Labute approximate surface area is 166 Å². The predicted molar refractivity (Wildman–Crippen MR) is 106 cm³/mol. The molecule has 0 saturated heterocycles. The van der Waals surface area contributed by atoms with Crippen LogP contribution in [0.5, 0.6) is 5.75 Å². The molecule has 0 atom stereocenters. The van der Waals surface area contributed by atoms with E-state index in [4.69, 9.17) is 38.0 Å². The fraction of sp³-hybridized carbons (Fsp3) is 0.238. The zero-order valence-electron chi connectivity index (χ0n) is 14.4. The molecule has 1 aromatic heterocycles. The second-order valence-corrected chi connectivity index (χ2v) is 7.57. The Balaban J connectivity index is 1.80. The molecule has 6 heteroatoms. The Morgan fingerprint density at radius 1 is 1.15 bits per heavy atom. The average Bonchev–Trinajstić information content (AvgIpc) is 3.48. The normalized spacial score (nSPS) is 13.7. The van der Waals surface area contributed by atoms with Gasteiger partial charge < -0.3 is 9.84 Å². The average molecular weight is 402 g/mol. The van der Waals surface area contributed by atoms with Crippen LogP contribution in [0.4, 0.5) is 0 Å². The van der Waals surface area contributed by atoms with E-state index in [2.05, 4.69) is 6.07 Å². The van der Waals surface area contributed by atoms with Crippen molar-refractivity contribution in [3.8, 4) is 5.75 Å². The highest BCUT2D eigenvalue weighted by molar-refractivity contribution is 6.35. The van der Waals surface area contributed by atoms with E-state index in [9.17, 15) is 4.79 Å². The molecule has 0 unspecified atom stereocenters. The number of nitrogens with zero attached hydrogens (tertiary/aromatic N) is 1. The molecule has 0 amide bonds. The Bertz CT molecular complexity index is 1010.